The maximum atomic E-state index is 12.9. The van der Waals surface area contributed by atoms with Crippen LogP contribution in [-0.2, 0) is 4.79 Å². The van der Waals surface area contributed by atoms with Crippen molar-refractivity contribution in [2.45, 2.75) is 24.6 Å². The second kappa shape index (κ2) is 12.7. The normalized spacial score (nSPS) is 10.3. The minimum Gasteiger partial charge on any atom is -0.494 e. The van der Waals surface area contributed by atoms with Gasteiger partial charge in [0.25, 0.3) is 0 Å². The molecular formula is C23H25N5O3S2. The largest absolute Gasteiger partial charge is 0.494 e. The Morgan fingerprint density at radius 1 is 1.12 bits per heavy atom. The average molecular weight is 484 g/mol. The summed E-state index contributed by atoms with van der Waals surface area (Å²) in [5.41, 5.74) is 1.53. The predicted molar refractivity (Wildman–Crippen MR) is 132 cm³/mol. The first-order valence-corrected chi connectivity index (χ1v) is 12.3. The molecule has 0 spiro atoms. The maximum absolute atomic E-state index is 12.9. The third-order valence-electron chi connectivity index (χ3n) is 4.36. The molecule has 3 rings (SSSR count). The molecule has 1 N–H and O–H groups in total. The van der Waals surface area contributed by atoms with Crippen molar-refractivity contribution in [3.8, 4) is 17.6 Å². The van der Waals surface area contributed by atoms with Gasteiger partial charge in [-0.05, 0) is 50.2 Å². The molecule has 172 valence electrons. The van der Waals surface area contributed by atoms with Gasteiger partial charge in [-0.1, -0.05) is 35.2 Å². The fraction of sp³-hybridized carbons (Fsp3) is 0.304. The Labute approximate surface area is 201 Å². The smallest absolute Gasteiger partial charge is 0.237 e. The number of carbonyl (C=O) groups excluding carboxylic acids is 1. The minimum atomic E-state index is -0.106. The van der Waals surface area contributed by atoms with Crippen LogP contribution in [0, 0.1) is 11.3 Å². The van der Waals surface area contributed by atoms with Crippen LogP contribution in [0.2, 0.25) is 0 Å². The Morgan fingerprint density at radius 3 is 2.61 bits per heavy atom. The van der Waals surface area contributed by atoms with E-state index in [4.69, 9.17) is 14.7 Å². The van der Waals surface area contributed by atoms with Gasteiger partial charge in [0.1, 0.15) is 11.5 Å². The van der Waals surface area contributed by atoms with Crippen LogP contribution in [0.15, 0.2) is 52.9 Å². The summed E-state index contributed by atoms with van der Waals surface area (Å²) in [6.07, 6.45) is 0.246. The highest BCUT2D eigenvalue weighted by Gasteiger charge is 2.17. The van der Waals surface area contributed by atoms with Crippen molar-refractivity contribution in [1.82, 2.24) is 10.2 Å². The number of aromatic nitrogens is 2. The molecule has 0 bridgehead atoms. The number of nitrogens with zero attached hydrogens (tertiary/aromatic N) is 4. The van der Waals surface area contributed by atoms with E-state index in [0.29, 0.717) is 29.2 Å². The van der Waals surface area contributed by atoms with Gasteiger partial charge in [0.2, 0.25) is 11.0 Å². The molecule has 0 unspecified atom stereocenters. The van der Waals surface area contributed by atoms with Gasteiger partial charge in [0.05, 0.1) is 37.1 Å². The van der Waals surface area contributed by atoms with Crippen molar-refractivity contribution in [3.05, 3.63) is 48.5 Å². The van der Waals surface area contributed by atoms with E-state index in [1.54, 1.807) is 4.90 Å². The molecule has 1 amide bonds. The molecule has 0 saturated carbocycles. The Morgan fingerprint density at radius 2 is 1.88 bits per heavy atom. The molecule has 0 fully saturated rings. The molecule has 0 aliphatic heterocycles. The number of anilines is 3. The second-order valence-corrected chi connectivity index (χ2v) is 8.80. The van der Waals surface area contributed by atoms with Gasteiger partial charge in [-0.25, -0.2) is 0 Å². The van der Waals surface area contributed by atoms with Gasteiger partial charge in [-0.15, -0.1) is 10.2 Å². The van der Waals surface area contributed by atoms with Gasteiger partial charge >= 0.3 is 0 Å². The molecule has 8 nitrogen and oxygen atoms in total. The molecule has 33 heavy (non-hydrogen) atoms. The lowest BCUT2D eigenvalue weighted by atomic mass is 10.2. The van der Waals surface area contributed by atoms with E-state index in [0.717, 1.165) is 22.9 Å². The Balaban J connectivity index is 1.62. The van der Waals surface area contributed by atoms with E-state index in [-0.39, 0.29) is 18.1 Å². The van der Waals surface area contributed by atoms with Gasteiger partial charge in [0.15, 0.2) is 4.34 Å². The summed E-state index contributed by atoms with van der Waals surface area (Å²) in [7, 11) is 0. The van der Waals surface area contributed by atoms with Crippen molar-refractivity contribution in [1.29, 1.82) is 5.26 Å². The fourth-order valence-electron chi connectivity index (χ4n) is 2.94. The maximum Gasteiger partial charge on any atom is 0.237 e. The van der Waals surface area contributed by atoms with Crippen LogP contribution in [0.5, 0.6) is 11.5 Å². The molecule has 2 aromatic carbocycles. The zero-order valence-electron chi connectivity index (χ0n) is 18.5. The van der Waals surface area contributed by atoms with Crippen molar-refractivity contribution in [2.24, 2.45) is 0 Å². The van der Waals surface area contributed by atoms with E-state index in [1.165, 1.54) is 23.1 Å². The van der Waals surface area contributed by atoms with Crippen LogP contribution in [0.4, 0.5) is 16.5 Å². The van der Waals surface area contributed by atoms with Crippen molar-refractivity contribution < 1.29 is 14.3 Å². The monoisotopic (exact) mass is 483 g/mol. The summed E-state index contributed by atoms with van der Waals surface area (Å²) in [6.45, 7) is 5.30. The summed E-state index contributed by atoms with van der Waals surface area (Å²) in [5, 5.41) is 21.2. The molecule has 1 aromatic heterocycles. The molecule has 0 radical (unpaired) electrons. The van der Waals surface area contributed by atoms with Crippen molar-refractivity contribution in [2.75, 3.05) is 35.7 Å². The summed E-state index contributed by atoms with van der Waals surface area (Å²) in [4.78, 5) is 14.6. The first-order chi connectivity index (χ1) is 16.1. The Bertz CT molecular complexity index is 1080. The lowest BCUT2D eigenvalue weighted by Crippen LogP contribution is -2.33. The molecule has 0 aliphatic rings. The van der Waals surface area contributed by atoms with Crippen LogP contribution < -0.4 is 19.7 Å². The molecule has 1 heterocycles. The highest BCUT2D eigenvalue weighted by Crippen LogP contribution is 2.32. The third-order valence-corrected chi connectivity index (χ3v) is 6.32. The first kappa shape index (κ1) is 24.4. The average Bonchev–Trinajstić information content (AvgIpc) is 3.28. The zero-order valence-corrected chi connectivity index (χ0v) is 20.1. The van der Waals surface area contributed by atoms with Crippen LogP contribution >= 0.6 is 23.1 Å². The summed E-state index contributed by atoms with van der Waals surface area (Å²) < 4.78 is 11.8. The second-order valence-electron chi connectivity index (χ2n) is 6.60. The SMILES string of the molecule is CCOc1ccc(N(CCC#N)C(=O)CSc2nnc(Nc3ccccc3OCC)s2)cc1. The fourth-order valence-corrected chi connectivity index (χ4v) is 4.58. The standard InChI is InChI=1S/C23H25N5O3S2/c1-3-30-18-12-10-17(11-13-18)28(15-7-14-24)21(29)16-32-23-27-26-22(33-23)25-19-8-5-6-9-20(19)31-4-2/h5-6,8-13H,3-4,7,15-16H2,1-2H3,(H,25,26). The Hall–Kier alpha value is -3.29. The van der Waals surface area contributed by atoms with E-state index < -0.39 is 0 Å². The summed E-state index contributed by atoms with van der Waals surface area (Å²) in [6, 6.07) is 17.0. The molecule has 10 heteroatoms. The number of thioether (sulfide) groups is 1. The van der Waals surface area contributed by atoms with Crippen LogP contribution in [0.25, 0.3) is 0 Å². The lowest BCUT2D eigenvalue weighted by Gasteiger charge is -2.21. The number of hydrogen-bond donors (Lipinski definition) is 1. The number of nitriles is 1. The minimum absolute atomic E-state index is 0.106. The Kier molecular flexibility index (Phi) is 9.35. The highest BCUT2D eigenvalue weighted by molar-refractivity contribution is 8.01. The summed E-state index contributed by atoms with van der Waals surface area (Å²) in [5.74, 6) is 1.56. The first-order valence-electron chi connectivity index (χ1n) is 10.5. The molecule has 0 atom stereocenters. The quantitative estimate of drug-likeness (QED) is 0.354. The number of rotatable bonds is 12. The molecular weight excluding hydrogens is 458 g/mol. The van der Waals surface area contributed by atoms with Crippen LogP contribution in [-0.4, -0.2) is 41.6 Å². The van der Waals surface area contributed by atoms with Gasteiger partial charge in [0, 0.05) is 12.2 Å². The van der Waals surface area contributed by atoms with Crippen LogP contribution in [0.3, 0.4) is 0 Å². The highest BCUT2D eigenvalue weighted by atomic mass is 32.2. The van der Waals surface area contributed by atoms with Gasteiger partial charge in [-0.2, -0.15) is 5.26 Å². The number of amides is 1. The number of benzene rings is 2. The number of para-hydroxylation sites is 2. The van der Waals surface area contributed by atoms with Crippen LogP contribution in [0.1, 0.15) is 20.3 Å². The van der Waals surface area contributed by atoms with Gasteiger partial charge < -0.3 is 19.7 Å². The van der Waals surface area contributed by atoms with E-state index in [2.05, 4.69) is 21.6 Å². The third kappa shape index (κ3) is 7.10. The number of ether oxygens (including phenoxy) is 2. The zero-order chi connectivity index (χ0) is 23.5. The van der Waals surface area contributed by atoms with E-state index >= 15 is 0 Å². The lowest BCUT2D eigenvalue weighted by molar-refractivity contribution is -0.116. The van der Waals surface area contributed by atoms with Crippen molar-refractivity contribution >= 4 is 45.5 Å². The predicted octanol–water partition coefficient (Wildman–Crippen LogP) is 5.12. The van der Waals surface area contributed by atoms with Crippen molar-refractivity contribution in [3.63, 3.8) is 0 Å². The molecule has 0 saturated heterocycles. The number of carbonyl (C=O) groups is 1. The molecule has 3 aromatic rings. The van der Waals surface area contributed by atoms with E-state index in [9.17, 15) is 4.79 Å². The molecule has 0 aliphatic carbocycles. The topological polar surface area (TPSA) is 100 Å². The number of nitrogens with one attached hydrogen (secondary N) is 1. The van der Waals surface area contributed by atoms with E-state index in [1.807, 2.05) is 62.4 Å². The summed E-state index contributed by atoms with van der Waals surface area (Å²) >= 11 is 2.68. The number of hydrogen-bond acceptors (Lipinski definition) is 9. The van der Waals surface area contributed by atoms with Gasteiger partial charge in [-0.3, -0.25) is 4.79 Å².